The summed E-state index contributed by atoms with van der Waals surface area (Å²) in [5.41, 5.74) is 6.09. The molecule has 5 nitrogen and oxygen atoms in total. The van der Waals surface area contributed by atoms with Crippen LogP contribution in [0.15, 0.2) is 60.7 Å². The summed E-state index contributed by atoms with van der Waals surface area (Å²) in [5.74, 6) is 1.90. The lowest BCUT2D eigenvalue weighted by atomic mass is 10.1. The Morgan fingerprint density at radius 2 is 1.81 bits per heavy atom. The second-order valence-electron chi connectivity index (χ2n) is 9.31. The lowest BCUT2D eigenvalue weighted by Gasteiger charge is -2.11. The lowest BCUT2D eigenvalue weighted by molar-refractivity contribution is 0.0952. The Hall–Kier alpha value is -3.31. The molecular weight excluding hydrogens is 470 g/mol. The van der Waals surface area contributed by atoms with Crippen molar-refractivity contribution in [2.24, 2.45) is 0 Å². The molecule has 3 aromatic carbocycles. The second-order valence-corrected chi connectivity index (χ2v) is 9.72. The van der Waals surface area contributed by atoms with E-state index in [9.17, 15) is 4.79 Å². The van der Waals surface area contributed by atoms with Crippen LogP contribution < -0.4 is 10.1 Å². The molecule has 1 aromatic heterocycles. The van der Waals surface area contributed by atoms with Gasteiger partial charge in [-0.1, -0.05) is 41.4 Å². The number of hydrogen-bond donors (Lipinski definition) is 1. The number of fused-ring (bicyclic) bond motifs is 1. The topological polar surface area (TPSA) is 56.2 Å². The Labute approximate surface area is 218 Å². The van der Waals surface area contributed by atoms with E-state index >= 15 is 0 Å². The highest BCUT2D eigenvalue weighted by molar-refractivity contribution is 6.31. The molecule has 4 rings (SSSR count). The number of aryl methyl sites for hydroxylation is 5. The number of hydrogen-bond acceptors (Lipinski definition) is 3. The van der Waals surface area contributed by atoms with Gasteiger partial charge >= 0.3 is 0 Å². The minimum Gasteiger partial charge on any atom is -0.494 e. The maximum atomic E-state index is 12.6. The van der Waals surface area contributed by atoms with Crippen molar-refractivity contribution in [2.45, 2.75) is 53.0 Å². The smallest absolute Gasteiger partial charge is 0.251 e. The molecule has 0 aliphatic rings. The largest absolute Gasteiger partial charge is 0.494 e. The molecule has 0 fully saturated rings. The van der Waals surface area contributed by atoms with Gasteiger partial charge in [-0.3, -0.25) is 4.79 Å². The zero-order chi connectivity index (χ0) is 25.5. The van der Waals surface area contributed by atoms with Crippen LogP contribution in [0.1, 0.15) is 52.1 Å². The first-order chi connectivity index (χ1) is 17.4. The van der Waals surface area contributed by atoms with Crippen molar-refractivity contribution in [3.63, 3.8) is 0 Å². The number of unbranched alkanes of at least 4 members (excludes halogenated alkanes) is 1. The minimum atomic E-state index is -0.0168. The van der Waals surface area contributed by atoms with E-state index in [2.05, 4.69) is 28.1 Å². The van der Waals surface area contributed by atoms with Gasteiger partial charge in [0.05, 0.1) is 17.6 Å². The predicted molar refractivity (Wildman–Crippen MR) is 147 cm³/mol. The zero-order valence-electron chi connectivity index (χ0n) is 21.3. The number of imidazole rings is 1. The van der Waals surface area contributed by atoms with Crippen LogP contribution in [0, 0.1) is 20.8 Å². The third-order valence-corrected chi connectivity index (χ3v) is 6.82. The molecule has 0 aliphatic carbocycles. The maximum Gasteiger partial charge on any atom is 0.251 e. The number of rotatable bonds is 11. The lowest BCUT2D eigenvalue weighted by Crippen LogP contribution is -2.25. The minimum absolute atomic E-state index is 0.0168. The zero-order valence-corrected chi connectivity index (χ0v) is 22.1. The molecule has 1 N–H and O–H groups in total. The van der Waals surface area contributed by atoms with Gasteiger partial charge in [0.25, 0.3) is 5.91 Å². The predicted octanol–water partition coefficient (Wildman–Crippen LogP) is 6.84. The number of para-hydroxylation sites is 2. The van der Waals surface area contributed by atoms with Gasteiger partial charge in [-0.15, -0.1) is 0 Å². The summed E-state index contributed by atoms with van der Waals surface area (Å²) in [5, 5.41) is 3.82. The van der Waals surface area contributed by atoms with Crippen LogP contribution in [-0.2, 0) is 13.0 Å². The number of amides is 1. The normalized spacial score (nSPS) is 11.1. The average Bonchev–Trinajstić information content (AvgIpc) is 3.21. The summed E-state index contributed by atoms with van der Waals surface area (Å²) in [7, 11) is 0. The molecule has 0 bridgehead atoms. The van der Waals surface area contributed by atoms with Gasteiger partial charge in [0.1, 0.15) is 11.6 Å². The summed E-state index contributed by atoms with van der Waals surface area (Å²) in [6, 6.07) is 19.9. The van der Waals surface area contributed by atoms with Crippen molar-refractivity contribution >= 4 is 28.5 Å². The van der Waals surface area contributed by atoms with E-state index in [-0.39, 0.29) is 5.91 Å². The Balaban J connectivity index is 1.30. The number of nitrogens with one attached hydrogen (secondary N) is 1. The number of nitrogens with zero attached hydrogens (tertiary/aromatic N) is 2. The van der Waals surface area contributed by atoms with E-state index in [4.69, 9.17) is 21.3 Å². The molecule has 188 valence electrons. The fourth-order valence-corrected chi connectivity index (χ4v) is 4.56. The molecule has 36 heavy (non-hydrogen) atoms. The highest BCUT2D eigenvalue weighted by Crippen LogP contribution is 2.22. The van der Waals surface area contributed by atoms with Crippen molar-refractivity contribution in [2.75, 3.05) is 13.2 Å². The van der Waals surface area contributed by atoms with Crippen molar-refractivity contribution in [3.05, 3.63) is 93.8 Å². The fraction of sp³-hybridized carbons (Fsp3) is 0.333. The molecule has 0 atom stereocenters. The quantitative estimate of drug-likeness (QED) is 0.228. The van der Waals surface area contributed by atoms with E-state index < -0.39 is 0 Å². The van der Waals surface area contributed by atoms with E-state index in [1.807, 2.05) is 63.2 Å². The standard InChI is InChI=1S/C30H34ClN3O2/c1-21-12-14-25(22(2)19-21)30(35)32-16-8-11-29-33-27-9-4-5-10-28(27)34(29)17-6-7-18-36-24-13-15-26(31)23(3)20-24/h4-5,9-10,12-15,19-20H,6-8,11,16-18H2,1-3H3,(H,32,35). The first-order valence-electron chi connectivity index (χ1n) is 12.6. The molecule has 0 aliphatic heterocycles. The maximum absolute atomic E-state index is 12.6. The number of halogens is 1. The Bertz CT molecular complexity index is 1350. The number of carbonyl (C=O) groups excluding carboxylic acids is 1. The molecule has 0 spiro atoms. The highest BCUT2D eigenvalue weighted by atomic mass is 35.5. The first kappa shape index (κ1) is 25.8. The summed E-state index contributed by atoms with van der Waals surface area (Å²) in [4.78, 5) is 17.5. The summed E-state index contributed by atoms with van der Waals surface area (Å²) in [6.45, 7) is 8.15. The van der Waals surface area contributed by atoms with E-state index in [0.29, 0.717) is 13.2 Å². The van der Waals surface area contributed by atoms with Crippen LogP contribution in [0.25, 0.3) is 11.0 Å². The van der Waals surface area contributed by atoms with Crippen molar-refractivity contribution in [3.8, 4) is 5.75 Å². The average molecular weight is 504 g/mol. The summed E-state index contributed by atoms with van der Waals surface area (Å²) >= 11 is 6.10. The molecule has 0 radical (unpaired) electrons. The molecule has 0 unspecified atom stereocenters. The Morgan fingerprint density at radius 3 is 2.61 bits per heavy atom. The van der Waals surface area contributed by atoms with Crippen LogP contribution in [0.3, 0.4) is 0 Å². The Morgan fingerprint density at radius 1 is 0.972 bits per heavy atom. The van der Waals surface area contributed by atoms with Gasteiger partial charge < -0.3 is 14.6 Å². The molecule has 1 heterocycles. The van der Waals surface area contributed by atoms with Gasteiger partial charge in [0.15, 0.2) is 0 Å². The van der Waals surface area contributed by atoms with Gasteiger partial charge in [-0.2, -0.15) is 0 Å². The molecule has 0 saturated carbocycles. The van der Waals surface area contributed by atoms with E-state index in [1.54, 1.807) is 0 Å². The van der Waals surface area contributed by atoms with Crippen LogP contribution in [0.2, 0.25) is 5.02 Å². The van der Waals surface area contributed by atoms with Gasteiger partial charge in [-0.05, 0) is 87.6 Å². The third-order valence-electron chi connectivity index (χ3n) is 6.40. The molecular formula is C30H34ClN3O2. The van der Waals surface area contributed by atoms with Crippen LogP contribution in [0.4, 0.5) is 0 Å². The van der Waals surface area contributed by atoms with Crippen molar-refractivity contribution < 1.29 is 9.53 Å². The van der Waals surface area contributed by atoms with E-state index in [0.717, 1.165) is 82.1 Å². The third kappa shape index (κ3) is 6.46. The second kappa shape index (κ2) is 12.1. The number of aromatic nitrogens is 2. The number of benzene rings is 3. The van der Waals surface area contributed by atoms with Crippen LogP contribution in [-0.4, -0.2) is 28.6 Å². The molecule has 0 saturated heterocycles. The van der Waals surface area contributed by atoms with Gasteiger partial charge in [0, 0.05) is 30.1 Å². The van der Waals surface area contributed by atoms with Crippen molar-refractivity contribution in [1.29, 1.82) is 0 Å². The Kier molecular flexibility index (Phi) is 8.65. The van der Waals surface area contributed by atoms with Crippen molar-refractivity contribution in [1.82, 2.24) is 14.9 Å². The van der Waals surface area contributed by atoms with Crippen LogP contribution >= 0.6 is 11.6 Å². The molecule has 6 heteroatoms. The number of carbonyl (C=O) groups is 1. The number of ether oxygens (including phenoxy) is 1. The van der Waals surface area contributed by atoms with E-state index in [1.165, 1.54) is 0 Å². The molecule has 1 amide bonds. The summed E-state index contributed by atoms with van der Waals surface area (Å²) < 4.78 is 8.22. The summed E-state index contributed by atoms with van der Waals surface area (Å²) in [6.07, 6.45) is 3.57. The molecule has 4 aromatic rings. The highest BCUT2D eigenvalue weighted by Gasteiger charge is 2.12. The van der Waals surface area contributed by atoms with Crippen LogP contribution in [0.5, 0.6) is 5.75 Å². The first-order valence-corrected chi connectivity index (χ1v) is 13.0. The fourth-order valence-electron chi connectivity index (χ4n) is 4.45. The monoisotopic (exact) mass is 503 g/mol. The SMILES string of the molecule is Cc1ccc(C(=O)NCCCc2nc3ccccc3n2CCCCOc2ccc(Cl)c(C)c2)c(C)c1. The van der Waals surface area contributed by atoms with Gasteiger partial charge in [-0.25, -0.2) is 4.98 Å². The van der Waals surface area contributed by atoms with Gasteiger partial charge in [0.2, 0.25) is 0 Å².